The van der Waals surface area contributed by atoms with Gasteiger partial charge >= 0.3 is 0 Å². The molecular formula is C19H19ClN4O2. The van der Waals surface area contributed by atoms with Crippen LogP contribution in [0.4, 0.5) is 23.0 Å². The number of aryl methyl sites for hydroxylation is 1. The molecule has 134 valence electrons. The number of nitrogens with zero attached hydrogens (tertiary/aromatic N) is 2. The number of ether oxygens (including phenoxy) is 2. The average molecular weight is 371 g/mol. The summed E-state index contributed by atoms with van der Waals surface area (Å²) in [5.74, 6) is 2.65. The van der Waals surface area contributed by atoms with Gasteiger partial charge in [-0.1, -0.05) is 17.7 Å². The second-order valence-electron chi connectivity index (χ2n) is 5.57. The van der Waals surface area contributed by atoms with Crippen LogP contribution in [-0.4, -0.2) is 24.2 Å². The van der Waals surface area contributed by atoms with E-state index in [1.54, 1.807) is 26.4 Å². The Bertz CT molecular complexity index is 918. The summed E-state index contributed by atoms with van der Waals surface area (Å²) in [7, 11) is 3.22. The van der Waals surface area contributed by atoms with Gasteiger partial charge in [-0.25, -0.2) is 9.97 Å². The van der Waals surface area contributed by atoms with Gasteiger partial charge in [0.25, 0.3) is 0 Å². The van der Waals surface area contributed by atoms with Crippen LogP contribution < -0.4 is 20.1 Å². The summed E-state index contributed by atoms with van der Waals surface area (Å²) in [4.78, 5) is 8.49. The molecule has 0 saturated carbocycles. The maximum absolute atomic E-state index is 6.17. The minimum Gasteiger partial charge on any atom is -0.497 e. The van der Waals surface area contributed by atoms with Crippen LogP contribution in [0.5, 0.6) is 11.5 Å². The summed E-state index contributed by atoms with van der Waals surface area (Å²) in [6, 6.07) is 13.1. The Kier molecular flexibility index (Phi) is 5.43. The summed E-state index contributed by atoms with van der Waals surface area (Å²) in [5, 5.41) is 7.14. The lowest BCUT2D eigenvalue weighted by Crippen LogP contribution is -2.00. The zero-order valence-corrected chi connectivity index (χ0v) is 15.5. The molecule has 6 nitrogen and oxygen atoms in total. The third-order valence-corrected chi connectivity index (χ3v) is 4.19. The van der Waals surface area contributed by atoms with Crippen molar-refractivity contribution in [3.63, 3.8) is 0 Å². The molecule has 0 fully saturated rings. The van der Waals surface area contributed by atoms with Gasteiger partial charge in [0.2, 0.25) is 0 Å². The van der Waals surface area contributed by atoms with Gasteiger partial charge in [-0.3, -0.25) is 0 Å². The molecule has 0 spiro atoms. The molecule has 7 heteroatoms. The fourth-order valence-corrected chi connectivity index (χ4v) is 2.53. The first-order valence-corrected chi connectivity index (χ1v) is 8.31. The zero-order chi connectivity index (χ0) is 18.5. The van der Waals surface area contributed by atoms with Crippen LogP contribution >= 0.6 is 11.6 Å². The van der Waals surface area contributed by atoms with Crippen molar-refractivity contribution in [1.82, 2.24) is 9.97 Å². The van der Waals surface area contributed by atoms with Gasteiger partial charge < -0.3 is 20.1 Å². The van der Waals surface area contributed by atoms with E-state index in [9.17, 15) is 0 Å². The number of rotatable bonds is 6. The van der Waals surface area contributed by atoms with Crippen LogP contribution in [0.2, 0.25) is 5.02 Å². The van der Waals surface area contributed by atoms with Gasteiger partial charge in [-0.2, -0.15) is 0 Å². The van der Waals surface area contributed by atoms with Gasteiger partial charge in [0.15, 0.2) is 0 Å². The Hall–Kier alpha value is -2.99. The van der Waals surface area contributed by atoms with Gasteiger partial charge in [-0.05, 0) is 36.8 Å². The van der Waals surface area contributed by atoms with Crippen molar-refractivity contribution in [1.29, 1.82) is 0 Å². The molecule has 0 radical (unpaired) electrons. The Morgan fingerprint density at radius 2 is 1.65 bits per heavy atom. The Labute approximate surface area is 157 Å². The third-order valence-electron chi connectivity index (χ3n) is 3.78. The summed E-state index contributed by atoms with van der Waals surface area (Å²) in [6.45, 7) is 1.96. The molecule has 0 aliphatic rings. The largest absolute Gasteiger partial charge is 0.497 e. The van der Waals surface area contributed by atoms with Crippen molar-refractivity contribution < 1.29 is 9.47 Å². The SMILES string of the molecule is COc1ccc(Nc2cc(Nc3ccc(C)c(Cl)c3)ncn2)c(OC)c1. The first-order chi connectivity index (χ1) is 12.6. The predicted molar refractivity (Wildman–Crippen MR) is 104 cm³/mol. The molecule has 0 aliphatic carbocycles. The monoisotopic (exact) mass is 370 g/mol. The molecule has 0 amide bonds. The molecular weight excluding hydrogens is 352 g/mol. The van der Waals surface area contributed by atoms with E-state index >= 15 is 0 Å². The van der Waals surface area contributed by atoms with Gasteiger partial charge in [0.1, 0.15) is 29.5 Å². The van der Waals surface area contributed by atoms with Crippen molar-refractivity contribution >= 4 is 34.6 Å². The van der Waals surface area contributed by atoms with Crippen LogP contribution in [0, 0.1) is 6.92 Å². The molecule has 1 aromatic heterocycles. The topological polar surface area (TPSA) is 68.3 Å². The van der Waals surface area contributed by atoms with E-state index in [0.717, 1.165) is 16.9 Å². The van der Waals surface area contributed by atoms with Gasteiger partial charge in [0.05, 0.1) is 19.9 Å². The van der Waals surface area contributed by atoms with Crippen molar-refractivity contribution in [2.24, 2.45) is 0 Å². The Morgan fingerprint density at radius 1 is 0.885 bits per heavy atom. The minimum absolute atomic E-state index is 0.629. The van der Waals surface area contributed by atoms with Crippen LogP contribution in [0.3, 0.4) is 0 Å². The molecule has 0 aliphatic heterocycles. The van der Waals surface area contributed by atoms with E-state index in [0.29, 0.717) is 28.2 Å². The molecule has 0 unspecified atom stereocenters. The molecule has 1 heterocycles. The predicted octanol–water partition coefficient (Wildman–Crippen LogP) is 4.94. The lowest BCUT2D eigenvalue weighted by Gasteiger charge is -2.13. The molecule has 2 aromatic carbocycles. The zero-order valence-electron chi connectivity index (χ0n) is 14.7. The molecule has 2 N–H and O–H groups in total. The van der Waals surface area contributed by atoms with Gasteiger partial charge in [0, 0.05) is 22.8 Å². The minimum atomic E-state index is 0.629. The number of methoxy groups -OCH3 is 2. The van der Waals surface area contributed by atoms with Crippen molar-refractivity contribution in [2.75, 3.05) is 24.9 Å². The summed E-state index contributed by atoms with van der Waals surface area (Å²) in [5.41, 5.74) is 2.65. The Morgan fingerprint density at radius 3 is 2.35 bits per heavy atom. The molecule has 3 rings (SSSR count). The van der Waals surface area contributed by atoms with E-state index in [1.807, 2.05) is 37.3 Å². The van der Waals surface area contributed by atoms with Crippen molar-refractivity contribution in [2.45, 2.75) is 6.92 Å². The van der Waals surface area contributed by atoms with E-state index in [-0.39, 0.29) is 0 Å². The average Bonchev–Trinajstić information content (AvgIpc) is 2.65. The Balaban J connectivity index is 1.80. The number of nitrogens with one attached hydrogen (secondary N) is 2. The molecule has 26 heavy (non-hydrogen) atoms. The van der Waals surface area contributed by atoms with Crippen LogP contribution in [0.1, 0.15) is 5.56 Å². The van der Waals surface area contributed by atoms with Crippen LogP contribution in [-0.2, 0) is 0 Å². The second-order valence-corrected chi connectivity index (χ2v) is 5.98. The van der Waals surface area contributed by atoms with E-state index < -0.39 is 0 Å². The number of aromatic nitrogens is 2. The lowest BCUT2D eigenvalue weighted by atomic mass is 10.2. The van der Waals surface area contributed by atoms with E-state index in [1.165, 1.54) is 6.33 Å². The number of anilines is 4. The number of hydrogen-bond acceptors (Lipinski definition) is 6. The first-order valence-electron chi connectivity index (χ1n) is 7.93. The maximum atomic E-state index is 6.17. The van der Waals surface area contributed by atoms with E-state index in [2.05, 4.69) is 20.6 Å². The highest BCUT2D eigenvalue weighted by molar-refractivity contribution is 6.31. The van der Waals surface area contributed by atoms with Crippen LogP contribution in [0.15, 0.2) is 48.8 Å². The highest BCUT2D eigenvalue weighted by Crippen LogP contribution is 2.31. The maximum Gasteiger partial charge on any atom is 0.146 e. The molecule has 0 atom stereocenters. The molecule has 0 bridgehead atoms. The second kappa shape index (κ2) is 7.93. The highest BCUT2D eigenvalue weighted by Gasteiger charge is 2.07. The van der Waals surface area contributed by atoms with E-state index in [4.69, 9.17) is 21.1 Å². The normalized spacial score (nSPS) is 10.3. The van der Waals surface area contributed by atoms with Crippen molar-refractivity contribution in [3.8, 4) is 11.5 Å². The smallest absolute Gasteiger partial charge is 0.146 e. The van der Waals surface area contributed by atoms with Crippen LogP contribution in [0.25, 0.3) is 0 Å². The first kappa shape index (κ1) is 17.8. The lowest BCUT2D eigenvalue weighted by molar-refractivity contribution is 0.395. The summed E-state index contributed by atoms with van der Waals surface area (Å²) in [6.07, 6.45) is 1.48. The third kappa shape index (κ3) is 4.15. The number of hydrogen-bond donors (Lipinski definition) is 2. The molecule has 0 saturated heterocycles. The standard InChI is InChI=1S/C19H19ClN4O2/c1-12-4-5-13(8-15(12)20)23-18-10-19(22-11-21-18)24-16-7-6-14(25-2)9-17(16)26-3/h4-11H,1-3H3,(H2,21,22,23,24). The summed E-state index contributed by atoms with van der Waals surface area (Å²) >= 11 is 6.17. The van der Waals surface area contributed by atoms with Gasteiger partial charge in [-0.15, -0.1) is 0 Å². The summed E-state index contributed by atoms with van der Waals surface area (Å²) < 4.78 is 10.6. The molecule has 3 aromatic rings. The number of halogens is 1. The number of benzene rings is 2. The quantitative estimate of drug-likeness (QED) is 0.640. The fraction of sp³-hybridized carbons (Fsp3) is 0.158. The fourth-order valence-electron chi connectivity index (χ4n) is 2.35. The van der Waals surface area contributed by atoms with Crippen molar-refractivity contribution in [3.05, 3.63) is 59.4 Å². The highest BCUT2D eigenvalue weighted by atomic mass is 35.5.